The van der Waals surface area contributed by atoms with Gasteiger partial charge >= 0.3 is 0 Å². The van der Waals surface area contributed by atoms with Crippen LogP contribution in [0.2, 0.25) is 0 Å². The standard InChI is InChI=1S/C15H18N2O3S2/c1-20-14-10-11(12-4-2-8-16-12)6-7-13(14)17-22(18,19)15-5-3-9-21-15/h3,5-7,9-10,12,16-17H,2,4,8H2,1H3. The van der Waals surface area contributed by atoms with Gasteiger partial charge in [0.2, 0.25) is 0 Å². The Balaban J connectivity index is 1.87. The molecule has 1 saturated heterocycles. The molecule has 1 fully saturated rings. The summed E-state index contributed by atoms with van der Waals surface area (Å²) >= 11 is 1.18. The van der Waals surface area contributed by atoms with Crippen molar-refractivity contribution >= 4 is 27.0 Å². The van der Waals surface area contributed by atoms with Gasteiger partial charge < -0.3 is 10.1 Å². The molecule has 118 valence electrons. The molecule has 2 aromatic rings. The number of hydrogen-bond acceptors (Lipinski definition) is 5. The third kappa shape index (κ3) is 3.11. The molecule has 0 amide bonds. The lowest BCUT2D eigenvalue weighted by molar-refractivity contribution is 0.415. The molecule has 1 aromatic heterocycles. The van der Waals surface area contributed by atoms with Crippen molar-refractivity contribution in [2.24, 2.45) is 0 Å². The van der Waals surface area contributed by atoms with Crippen molar-refractivity contribution in [1.29, 1.82) is 0 Å². The molecule has 1 aromatic carbocycles. The first-order chi connectivity index (χ1) is 10.6. The van der Waals surface area contributed by atoms with E-state index < -0.39 is 10.0 Å². The quantitative estimate of drug-likeness (QED) is 0.879. The summed E-state index contributed by atoms with van der Waals surface area (Å²) in [6, 6.07) is 9.21. The Labute approximate surface area is 134 Å². The van der Waals surface area contributed by atoms with Gasteiger partial charge in [-0.05, 0) is 48.5 Å². The number of sulfonamides is 1. The van der Waals surface area contributed by atoms with Crippen LogP contribution in [-0.2, 0) is 10.0 Å². The first-order valence-electron chi connectivity index (χ1n) is 7.08. The van der Waals surface area contributed by atoms with Crippen LogP contribution >= 0.6 is 11.3 Å². The lowest BCUT2D eigenvalue weighted by Crippen LogP contribution is -2.14. The summed E-state index contributed by atoms with van der Waals surface area (Å²) < 4.78 is 32.8. The fourth-order valence-electron chi connectivity index (χ4n) is 2.59. The highest BCUT2D eigenvalue weighted by Crippen LogP contribution is 2.33. The van der Waals surface area contributed by atoms with Gasteiger partial charge in [0.15, 0.2) is 0 Å². The third-order valence-corrected chi connectivity index (χ3v) is 6.46. The van der Waals surface area contributed by atoms with Gasteiger partial charge in [0, 0.05) is 6.04 Å². The molecule has 0 radical (unpaired) electrons. The van der Waals surface area contributed by atoms with Crippen molar-refractivity contribution in [2.75, 3.05) is 18.4 Å². The smallest absolute Gasteiger partial charge is 0.271 e. The van der Waals surface area contributed by atoms with Gasteiger partial charge in [0.1, 0.15) is 9.96 Å². The van der Waals surface area contributed by atoms with Crippen molar-refractivity contribution in [2.45, 2.75) is 23.1 Å². The third-order valence-electron chi connectivity index (χ3n) is 3.69. The van der Waals surface area contributed by atoms with E-state index in [1.54, 1.807) is 30.7 Å². The molecule has 5 nitrogen and oxygen atoms in total. The van der Waals surface area contributed by atoms with Crippen molar-refractivity contribution < 1.29 is 13.2 Å². The normalized spacial score (nSPS) is 18.3. The Morgan fingerprint density at radius 2 is 2.23 bits per heavy atom. The van der Waals surface area contributed by atoms with E-state index in [2.05, 4.69) is 10.0 Å². The van der Waals surface area contributed by atoms with Crippen LogP contribution in [-0.4, -0.2) is 22.1 Å². The minimum absolute atomic E-state index is 0.288. The number of anilines is 1. The van der Waals surface area contributed by atoms with E-state index >= 15 is 0 Å². The van der Waals surface area contributed by atoms with Gasteiger partial charge in [-0.3, -0.25) is 4.72 Å². The molecule has 2 heterocycles. The Morgan fingerprint density at radius 1 is 1.36 bits per heavy atom. The summed E-state index contributed by atoms with van der Waals surface area (Å²) in [7, 11) is -2.02. The fraction of sp³-hybridized carbons (Fsp3) is 0.333. The molecule has 0 spiro atoms. The van der Waals surface area contributed by atoms with Crippen LogP contribution in [0.3, 0.4) is 0 Å². The molecule has 22 heavy (non-hydrogen) atoms. The number of benzene rings is 1. The maximum atomic E-state index is 12.3. The average Bonchev–Trinajstić information content (AvgIpc) is 3.21. The monoisotopic (exact) mass is 338 g/mol. The second-order valence-electron chi connectivity index (χ2n) is 5.15. The van der Waals surface area contributed by atoms with E-state index in [1.165, 1.54) is 11.3 Å². The van der Waals surface area contributed by atoms with Gasteiger partial charge in [-0.25, -0.2) is 8.42 Å². The van der Waals surface area contributed by atoms with E-state index in [1.807, 2.05) is 12.1 Å². The lowest BCUT2D eigenvalue weighted by Gasteiger charge is -2.15. The molecule has 2 N–H and O–H groups in total. The van der Waals surface area contributed by atoms with Crippen LogP contribution in [0.15, 0.2) is 39.9 Å². The molecule has 0 aliphatic carbocycles. The number of thiophene rings is 1. The van der Waals surface area contributed by atoms with Crippen LogP contribution < -0.4 is 14.8 Å². The largest absolute Gasteiger partial charge is 0.495 e. The maximum absolute atomic E-state index is 12.3. The van der Waals surface area contributed by atoms with Gasteiger partial charge in [0.05, 0.1) is 12.8 Å². The molecule has 3 rings (SSSR count). The zero-order valence-corrected chi connectivity index (χ0v) is 13.8. The molecule has 0 bridgehead atoms. The zero-order valence-electron chi connectivity index (χ0n) is 12.2. The van der Waals surface area contributed by atoms with E-state index in [4.69, 9.17) is 4.74 Å². The van der Waals surface area contributed by atoms with Crippen molar-refractivity contribution in [3.8, 4) is 5.75 Å². The summed E-state index contributed by atoms with van der Waals surface area (Å²) in [5.41, 5.74) is 1.58. The second-order valence-corrected chi connectivity index (χ2v) is 8.00. The first kappa shape index (κ1) is 15.3. The first-order valence-corrected chi connectivity index (χ1v) is 9.44. The summed E-state index contributed by atoms with van der Waals surface area (Å²) in [4.78, 5) is 0. The van der Waals surface area contributed by atoms with E-state index in [0.717, 1.165) is 24.9 Å². The van der Waals surface area contributed by atoms with E-state index in [0.29, 0.717) is 17.5 Å². The van der Waals surface area contributed by atoms with Crippen LogP contribution in [0.4, 0.5) is 5.69 Å². The molecule has 0 saturated carbocycles. The molecule has 7 heteroatoms. The van der Waals surface area contributed by atoms with E-state index in [9.17, 15) is 8.42 Å². The van der Waals surface area contributed by atoms with Gasteiger partial charge in [0.25, 0.3) is 10.0 Å². The Hall–Kier alpha value is -1.57. The highest BCUT2D eigenvalue weighted by atomic mass is 32.2. The molecule has 1 aliphatic rings. The number of hydrogen-bond donors (Lipinski definition) is 2. The summed E-state index contributed by atoms with van der Waals surface area (Å²) in [6.07, 6.45) is 2.24. The van der Waals surface area contributed by atoms with Crippen molar-refractivity contribution in [3.05, 3.63) is 41.3 Å². The molecule has 1 aliphatic heterocycles. The fourth-order valence-corrected chi connectivity index (χ4v) is 4.65. The van der Waals surface area contributed by atoms with Crippen molar-refractivity contribution in [1.82, 2.24) is 5.32 Å². The SMILES string of the molecule is COc1cc(C2CCCN2)ccc1NS(=O)(=O)c1cccs1. The van der Waals surface area contributed by atoms with Gasteiger partial charge in [-0.15, -0.1) is 11.3 Å². The zero-order chi connectivity index (χ0) is 15.6. The number of methoxy groups -OCH3 is 1. The topological polar surface area (TPSA) is 67.4 Å². The van der Waals surface area contributed by atoms with Crippen LogP contribution in [0.25, 0.3) is 0 Å². The van der Waals surface area contributed by atoms with Crippen LogP contribution in [0.1, 0.15) is 24.4 Å². The lowest BCUT2D eigenvalue weighted by atomic mass is 10.0. The van der Waals surface area contributed by atoms with Gasteiger partial charge in [-0.1, -0.05) is 12.1 Å². The Morgan fingerprint density at radius 3 is 2.86 bits per heavy atom. The number of nitrogens with one attached hydrogen (secondary N) is 2. The predicted octanol–water partition coefficient (Wildman–Crippen LogP) is 2.98. The van der Waals surface area contributed by atoms with Crippen LogP contribution in [0.5, 0.6) is 5.75 Å². The minimum atomic E-state index is -3.56. The number of rotatable bonds is 5. The minimum Gasteiger partial charge on any atom is -0.495 e. The predicted molar refractivity (Wildman–Crippen MR) is 88.1 cm³/mol. The summed E-state index contributed by atoms with van der Waals surface area (Å²) in [6.45, 7) is 1.01. The van der Waals surface area contributed by atoms with Gasteiger partial charge in [-0.2, -0.15) is 0 Å². The molecule has 1 atom stereocenters. The van der Waals surface area contributed by atoms with E-state index in [-0.39, 0.29) is 4.21 Å². The Kier molecular flexibility index (Phi) is 4.37. The second kappa shape index (κ2) is 6.28. The summed E-state index contributed by atoms with van der Waals surface area (Å²) in [5, 5.41) is 5.16. The van der Waals surface area contributed by atoms with Crippen molar-refractivity contribution in [3.63, 3.8) is 0 Å². The molecular formula is C15H18N2O3S2. The highest BCUT2D eigenvalue weighted by molar-refractivity contribution is 7.94. The molecule has 1 unspecified atom stereocenters. The average molecular weight is 338 g/mol. The Bertz CT molecular complexity index is 736. The highest BCUT2D eigenvalue weighted by Gasteiger charge is 2.20. The number of ether oxygens (including phenoxy) is 1. The maximum Gasteiger partial charge on any atom is 0.271 e. The van der Waals surface area contributed by atoms with Crippen LogP contribution in [0, 0.1) is 0 Å². The molecular weight excluding hydrogens is 320 g/mol. The summed E-state index contributed by atoms with van der Waals surface area (Å²) in [5.74, 6) is 0.534.